The zero-order chi connectivity index (χ0) is 19.0. The van der Waals surface area contributed by atoms with E-state index in [1.807, 2.05) is 0 Å². The van der Waals surface area contributed by atoms with Crippen molar-refractivity contribution in [1.29, 1.82) is 0 Å². The molecule has 2 rings (SSSR count). The maximum Gasteiger partial charge on any atom is 0.411 e. The SMILES string of the molecule is O=C(CNC(=O)c1ccco1)NCc1ccc(COCC(F)(F)F)cc1. The fourth-order valence-electron chi connectivity index (χ4n) is 1.96. The summed E-state index contributed by atoms with van der Waals surface area (Å²) in [5.41, 5.74) is 1.35. The minimum Gasteiger partial charge on any atom is -0.459 e. The lowest BCUT2D eigenvalue weighted by atomic mass is 10.1. The summed E-state index contributed by atoms with van der Waals surface area (Å²) in [5, 5.41) is 5.03. The molecule has 0 aliphatic heterocycles. The number of benzene rings is 1. The van der Waals surface area contributed by atoms with E-state index < -0.39 is 18.7 Å². The zero-order valence-electron chi connectivity index (χ0n) is 13.6. The van der Waals surface area contributed by atoms with Crippen LogP contribution in [0.1, 0.15) is 21.7 Å². The van der Waals surface area contributed by atoms with Crippen LogP contribution in [0.2, 0.25) is 0 Å². The molecule has 0 spiro atoms. The Balaban J connectivity index is 1.68. The molecule has 6 nitrogen and oxygen atoms in total. The van der Waals surface area contributed by atoms with Gasteiger partial charge in [0.25, 0.3) is 5.91 Å². The number of nitrogens with one attached hydrogen (secondary N) is 2. The van der Waals surface area contributed by atoms with Gasteiger partial charge in [0.15, 0.2) is 5.76 Å². The summed E-state index contributed by atoms with van der Waals surface area (Å²) in [6.45, 7) is -1.43. The molecule has 0 saturated heterocycles. The van der Waals surface area contributed by atoms with Gasteiger partial charge in [0.05, 0.1) is 19.4 Å². The number of carbonyl (C=O) groups excluding carboxylic acids is 2. The van der Waals surface area contributed by atoms with Crippen LogP contribution in [0.15, 0.2) is 47.1 Å². The molecule has 0 unspecified atom stereocenters. The number of alkyl halides is 3. The molecule has 2 amide bonds. The van der Waals surface area contributed by atoms with E-state index in [9.17, 15) is 22.8 Å². The number of ether oxygens (including phenoxy) is 1. The molecule has 2 aromatic rings. The monoisotopic (exact) mass is 370 g/mol. The molecule has 0 aliphatic carbocycles. The van der Waals surface area contributed by atoms with Crippen molar-refractivity contribution in [3.05, 3.63) is 59.5 Å². The summed E-state index contributed by atoms with van der Waals surface area (Å²) in [6.07, 6.45) is -3.00. The Morgan fingerprint density at radius 3 is 2.35 bits per heavy atom. The molecule has 1 aromatic heterocycles. The van der Waals surface area contributed by atoms with E-state index in [4.69, 9.17) is 4.42 Å². The first-order chi connectivity index (χ1) is 12.3. The van der Waals surface area contributed by atoms with Gasteiger partial charge in [-0.15, -0.1) is 0 Å². The van der Waals surface area contributed by atoms with Crippen LogP contribution in [0.3, 0.4) is 0 Å². The van der Waals surface area contributed by atoms with E-state index >= 15 is 0 Å². The number of halogens is 3. The lowest BCUT2D eigenvalue weighted by Crippen LogP contribution is -2.36. The van der Waals surface area contributed by atoms with Crippen molar-refractivity contribution in [2.45, 2.75) is 19.3 Å². The van der Waals surface area contributed by atoms with Crippen LogP contribution in [0.25, 0.3) is 0 Å². The second-order valence-corrected chi connectivity index (χ2v) is 5.36. The molecule has 0 saturated carbocycles. The molecule has 0 bridgehead atoms. The summed E-state index contributed by atoms with van der Waals surface area (Å²) in [7, 11) is 0. The van der Waals surface area contributed by atoms with Crippen LogP contribution >= 0.6 is 0 Å². The third-order valence-electron chi connectivity index (χ3n) is 3.20. The smallest absolute Gasteiger partial charge is 0.411 e. The van der Waals surface area contributed by atoms with Gasteiger partial charge in [0, 0.05) is 6.54 Å². The second-order valence-electron chi connectivity index (χ2n) is 5.36. The quantitative estimate of drug-likeness (QED) is 0.748. The number of amides is 2. The van der Waals surface area contributed by atoms with Crippen molar-refractivity contribution in [3.8, 4) is 0 Å². The van der Waals surface area contributed by atoms with Crippen molar-refractivity contribution in [2.24, 2.45) is 0 Å². The van der Waals surface area contributed by atoms with Crippen LogP contribution in [0, 0.1) is 0 Å². The largest absolute Gasteiger partial charge is 0.459 e. The minimum atomic E-state index is -4.35. The van der Waals surface area contributed by atoms with Gasteiger partial charge < -0.3 is 19.8 Å². The summed E-state index contributed by atoms with van der Waals surface area (Å²) in [6, 6.07) is 9.63. The Bertz CT molecular complexity index is 713. The molecule has 1 heterocycles. The van der Waals surface area contributed by atoms with Crippen LogP contribution in [-0.4, -0.2) is 31.1 Å². The predicted octanol–water partition coefficient (Wildman–Crippen LogP) is 2.40. The molecule has 26 heavy (non-hydrogen) atoms. The number of rotatable bonds is 8. The highest BCUT2D eigenvalue weighted by Gasteiger charge is 2.27. The maximum absolute atomic E-state index is 12.0. The van der Waals surface area contributed by atoms with Crippen LogP contribution < -0.4 is 10.6 Å². The maximum atomic E-state index is 12.0. The van der Waals surface area contributed by atoms with Gasteiger partial charge in [-0.3, -0.25) is 9.59 Å². The Morgan fingerprint density at radius 1 is 1.04 bits per heavy atom. The Kier molecular flexibility index (Phi) is 6.79. The van der Waals surface area contributed by atoms with E-state index in [0.717, 1.165) is 5.56 Å². The molecule has 9 heteroatoms. The topological polar surface area (TPSA) is 80.6 Å². The van der Waals surface area contributed by atoms with Crippen LogP contribution in [0.4, 0.5) is 13.2 Å². The molecule has 0 aliphatic rings. The van der Waals surface area contributed by atoms with Crippen molar-refractivity contribution >= 4 is 11.8 Å². The number of hydrogen-bond acceptors (Lipinski definition) is 4. The highest BCUT2D eigenvalue weighted by Crippen LogP contribution is 2.15. The fourth-order valence-corrected chi connectivity index (χ4v) is 1.96. The molecular weight excluding hydrogens is 353 g/mol. The van der Waals surface area contributed by atoms with E-state index in [-0.39, 0.29) is 31.4 Å². The molecule has 1 aromatic carbocycles. The third-order valence-corrected chi connectivity index (χ3v) is 3.20. The van der Waals surface area contributed by atoms with Gasteiger partial charge >= 0.3 is 6.18 Å². The first-order valence-electron chi connectivity index (χ1n) is 7.64. The summed E-state index contributed by atoms with van der Waals surface area (Å²) >= 11 is 0. The standard InChI is InChI=1S/C17H17F3N2O4/c18-17(19,20)11-25-10-13-5-3-12(4-6-13)8-21-15(23)9-22-16(24)14-2-1-7-26-14/h1-7H,8-11H2,(H,21,23)(H,22,24). The van der Waals surface area contributed by atoms with E-state index in [0.29, 0.717) is 5.56 Å². The lowest BCUT2D eigenvalue weighted by Gasteiger charge is -2.09. The van der Waals surface area contributed by atoms with Gasteiger partial charge in [-0.1, -0.05) is 24.3 Å². The van der Waals surface area contributed by atoms with Gasteiger partial charge in [-0.2, -0.15) is 13.2 Å². The minimum absolute atomic E-state index is 0.112. The van der Waals surface area contributed by atoms with Gasteiger partial charge in [-0.25, -0.2) is 0 Å². The average Bonchev–Trinajstić information content (AvgIpc) is 3.12. The average molecular weight is 370 g/mol. The number of furan rings is 1. The normalized spacial score (nSPS) is 11.2. The van der Waals surface area contributed by atoms with Crippen molar-refractivity contribution < 1.29 is 31.9 Å². The fraction of sp³-hybridized carbons (Fsp3) is 0.294. The Morgan fingerprint density at radius 2 is 1.73 bits per heavy atom. The van der Waals surface area contributed by atoms with Gasteiger partial charge in [0.2, 0.25) is 5.91 Å². The Labute approximate surface area is 147 Å². The lowest BCUT2D eigenvalue weighted by molar-refractivity contribution is -0.176. The molecule has 0 atom stereocenters. The highest BCUT2D eigenvalue weighted by atomic mass is 19.4. The molecular formula is C17H17F3N2O4. The zero-order valence-corrected chi connectivity index (χ0v) is 13.6. The molecule has 140 valence electrons. The van der Waals surface area contributed by atoms with E-state index in [2.05, 4.69) is 15.4 Å². The molecule has 0 fully saturated rings. The van der Waals surface area contributed by atoms with E-state index in [1.165, 1.54) is 12.3 Å². The number of hydrogen-bond donors (Lipinski definition) is 2. The summed E-state index contributed by atoms with van der Waals surface area (Å²) < 4.78 is 45.4. The first kappa shape index (κ1) is 19.5. The second kappa shape index (κ2) is 9.04. The summed E-state index contributed by atoms with van der Waals surface area (Å²) in [4.78, 5) is 23.3. The number of carbonyl (C=O) groups is 2. The molecule has 2 N–H and O–H groups in total. The Hall–Kier alpha value is -2.81. The van der Waals surface area contributed by atoms with Gasteiger partial charge in [0.1, 0.15) is 6.61 Å². The van der Waals surface area contributed by atoms with Crippen molar-refractivity contribution in [2.75, 3.05) is 13.2 Å². The molecule has 0 radical (unpaired) electrons. The van der Waals surface area contributed by atoms with Crippen molar-refractivity contribution in [3.63, 3.8) is 0 Å². The van der Waals surface area contributed by atoms with Crippen LogP contribution in [0.5, 0.6) is 0 Å². The van der Waals surface area contributed by atoms with Gasteiger partial charge in [-0.05, 0) is 23.3 Å². The highest BCUT2D eigenvalue weighted by molar-refractivity contribution is 5.94. The third kappa shape index (κ3) is 6.98. The van der Waals surface area contributed by atoms with Crippen molar-refractivity contribution in [1.82, 2.24) is 10.6 Å². The predicted molar refractivity (Wildman–Crippen MR) is 85.0 cm³/mol. The van der Waals surface area contributed by atoms with E-state index in [1.54, 1.807) is 30.3 Å². The first-order valence-corrected chi connectivity index (χ1v) is 7.64. The summed E-state index contributed by atoms with van der Waals surface area (Å²) in [5.74, 6) is -0.767. The van der Waals surface area contributed by atoms with Crippen LogP contribution in [-0.2, 0) is 22.7 Å².